The number of hydrogen-bond acceptors (Lipinski definition) is 12. The number of ether oxygens (including phenoxy) is 4. The molecule has 382 valence electrons. The van der Waals surface area contributed by atoms with Crippen LogP contribution in [0.25, 0.3) is 11.1 Å². The van der Waals surface area contributed by atoms with Gasteiger partial charge in [-0.1, -0.05) is 134 Å². The van der Waals surface area contributed by atoms with Crippen molar-refractivity contribution in [3.05, 3.63) is 95.6 Å². The van der Waals surface area contributed by atoms with Crippen molar-refractivity contribution in [1.82, 2.24) is 25.8 Å². The number of fused-ring (bicyclic) bond motifs is 3. The number of esters is 1. The van der Waals surface area contributed by atoms with Crippen molar-refractivity contribution in [1.29, 1.82) is 0 Å². The molecule has 3 aromatic rings. The summed E-state index contributed by atoms with van der Waals surface area (Å²) in [5.41, 5.74) is 5.05. The maximum atomic E-state index is 15.5. The minimum atomic E-state index is -1.26. The maximum Gasteiger partial charge on any atom is 0.410 e. The molecule has 0 spiro atoms. The standard InChI is InChI=1S/C55H77N5O10/c1-13-34(7)48(56-8)44(68-11)29-43(61)46-41(30-67-10)52(60(45(62)14-2)42(54(65)69-12)28-35-22-16-15-17-23-35)57-49(46)51(63)47(32(3)4)58-53(64)50(33(5)6)59(9)55(66)70-31-40-38-26-20-18-24-36(38)37-25-19-21-27-39(37)40/h15-27,32-34,40-42,44,46-50,52,56-57H,13-14,28-31H2,1-12H3,(H,58,64)/t34?,41-,42+,44-,46-,47+,48-,49+,50+,52?/m1/s1. The fraction of sp³-hybridized carbons (Fsp3) is 0.564. The van der Waals surface area contributed by atoms with E-state index >= 15 is 9.59 Å². The number of ketones is 2. The van der Waals surface area contributed by atoms with E-state index in [9.17, 15) is 19.2 Å². The average molecular weight is 968 g/mol. The molecule has 2 aliphatic rings. The van der Waals surface area contributed by atoms with Gasteiger partial charge in [0.05, 0.1) is 38.1 Å². The van der Waals surface area contributed by atoms with Gasteiger partial charge in [-0.2, -0.15) is 0 Å². The zero-order valence-electron chi connectivity index (χ0n) is 43.2. The molecule has 15 heteroatoms. The zero-order chi connectivity index (χ0) is 51.4. The lowest BCUT2D eigenvalue weighted by Crippen LogP contribution is -2.60. The maximum absolute atomic E-state index is 15.5. The molecule has 3 aromatic carbocycles. The Balaban J connectivity index is 1.50. The van der Waals surface area contributed by atoms with Crippen LogP contribution in [0.3, 0.4) is 0 Å². The van der Waals surface area contributed by atoms with Crippen LogP contribution in [0.5, 0.6) is 0 Å². The number of amides is 3. The molecule has 0 radical (unpaired) electrons. The number of carbonyl (C=O) groups excluding carboxylic acids is 6. The molecular formula is C55H77N5O10. The normalized spacial score (nSPS) is 20.1. The van der Waals surface area contributed by atoms with Crippen LogP contribution in [0.2, 0.25) is 0 Å². The van der Waals surface area contributed by atoms with E-state index in [0.717, 1.165) is 34.2 Å². The van der Waals surface area contributed by atoms with Crippen molar-refractivity contribution < 1.29 is 47.7 Å². The van der Waals surface area contributed by atoms with Crippen molar-refractivity contribution in [2.75, 3.05) is 48.6 Å². The third-order valence-corrected chi connectivity index (χ3v) is 14.5. The number of Topliss-reactive ketones (excluding diaryl/α,β-unsaturated/α-hetero) is 2. The summed E-state index contributed by atoms with van der Waals surface area (Å²) < 4.78 is 23.1. The highest BCUT2D eigenvalue weighted by Crippen LogP contribution is 2.45. The van der Waals surface area contributed by atoms with Crippen LogP contribution in [-0.2, 0) is 49.3 Å². The first-order chi connectivity index (χ1) is 33.5. The first kappa shape index (κ1) is 55.4. The second-order valence-electron chi connectivity index (χ2n) is 19.5. The van der Waals surface area contributed by atoms with Gasteiger partial charge in [-0.3, -0.25) is 29.4 Å². The van der Waals surface area contributed by atoms with E-state index in [2.05, 4.69) is 41.9 Å². The Bertz CT molecular complexity index is 2210. The second kappa shape index (κ2) is 25.6. The summed E-state index contributed by atoms with van der Waals surface area (Å²) >= 11 is 0. The van der Waals surface area contributed by atoms with Crippen molar-refractivity contribution in [2.24, 2.45) is 29.6 Å². The number of nitrogens with zero attached hydrogens (tertiary/aromatic N) is 2. The molecule has 1 saturated heterocycles. The minimum Gasteiger partial charge on any atom is -0.467 e. The monoisotopic (exact) mass is 968 g/mol. The highest BCUT2D eigenvalue weighted by Gasteiger charge is 2.55. The van der Waals surface area contributed by atoms with Gasteiger partial charge < -0.3 is 34.5 Å². The van der Waals surface area contributed by atoms with E-state index < -0.39 is 89.8 Å². The summed E-state index contributed by atoms with van der Waals surface area (Å²) in [5.74, 6) is -5.38. The Kier molecular flexibility index (Phi) is 20.3. The van der Waals surface area contributed by atoms with E-state index in [1.165, 1.54) is 31.1 Å². The molecule has 0 bridgehead atoms. The fourth-order valence-electron chi connectivity index (χ4n) is 10.7. The van der Waals surface area contributed by atoms with Crippen LogP contribution >= 0.6 is 0 Å². The molecule has 0 saturated carbocycles. The number of rotatable bonds is 25. The molecule has 5 rings (SSSR count). The lowest BCUT2D eigenvalue weighted by atomic mass is 9.78. The van der Waals surface area contributed by atoms with E-state index in [0.29, 0.717) is 0 Å². The van der Waals surface area contributed by atoms with E-state index in [1.807, 2.05) is 87.6 Å². The summed E-state index contributed by atoms with van der Waals surface area (Å²) in [4.78, 5) is 90.1. The SMILES string of the molecule is CCC(=O)N(C1N[C@H](C(=O)[C@@H](NC(=O)[C@H](C(C)C)N(C)C(=O)OCC2c3ccccc3-c3ccccc32)C(C)C)[C@@H](C(=O)C[C@@H](OC)[C@H](NC)C(C)CC)[C@H]1COC)[C@@H](Cc1ccccc1)C(=O)OC. The molecule has 1 heterocycles. The number of likely N-dealkylation sites (N-methyl/N-ethyl adjacent to an activating group) is 2. The zero-order valence-corrected chi connectivity index (χ0v) is 43.2. The number of carbonyl (C=O) groups is 6. The Morgan fingerprint density at radius 3 is 1.90 bits per heavy atom. The third kappa shape index (κ3) is 12.3. The van der Waals surface area contributed by atoms with Gasteiger partial charge in [0.15, 0.2) is 5.78 Å². The topological polar surface area (TPSA) is 182 Å². The van der Waals surface area contributed by atoms with Gasteiger partial charge in [0.25, 0.3) is 0 Å². The molecule has 70 heavy (non-hydrogen) atoms. The predicted octanol–water partition coefficient (Wildman–Crippen LogP) is 6.41. The van der Waals surface area contributed by atoms with Crippen molar-refractivity contribution >= 4 is 35.4 Å². The third-order valence-electron chi connectivity index (χ3n) is 14.5. The largest absolute Gasteiger partial charge is 0.467 e. The number of methoxy groups -OCH3 is 3. The smallest absolute Gasteiger partial charge is 0.410 e. The van der Waals surface area contributed by atoms with Gasteiger partial charge >= 0.3 is 12.1 Å². The molecule has 3 amide bonds. The lowest BCUT2D eigenvalue weighted by molar-refractivity contribution is -0.156. The first-order valence-electron chi connectivity index (χ1n) is 24.8. The van der Waals surface area contributed by atoms with Gasteiger partial charge in [-0.05, 0) is 52.6 Å². The van der Waals surface area contributed by atoms with Crippen molar-refractivity contribution in [3.8, 4) is 11.1 Å². The van der Waals surface area contributed by atoms with Gasteiger partial charge in [-0.25, -0.2) is 9.59 Å². The quantitative estimate of drug-likeness (QED) is 0.0796. The molecule has 10 atom stereocenters. The molecule has 0 aromatic heterocycles. The summed E-state index contributed by atoms with van der Waals surface area (Å²) in [6.07, 6.45) is -1.52. The van der Waals surface area contributed by atoms with E-state index in [1.54, 1.807) is 27.9 Å². The van der Waals surface area contributed by atoms with Crippen LogP contribution in [0, 0.1) is 29.6 Å². The van der Waals surface area contributed by atoms with Crippen LogP contribution in [0.15, 0.2) is 78.9 Å². The molecule has 1 fully saturated rings. The molecule has 2 unspecified atom stereocenters. The van der Waals surface area contributed by atoms with Crippen LogP contribution in [-0.4, -0.2) is 136 Å². The Hall–Kier alpha value is -5.48. The van der Waals surface area contributed by atoms with E-state index in [-0.39, 0.29) is 56.1 Å². The Morgan fingerprint density at radius 1 is 0.786 bits per heavy atom. The average Bonchev–Trinajstić information content (AvgIpc) is 3.89. The molecular weight excluding hydrogens is 891 g/mol. The van der Waals surface area contributed by atoms with Crippen molar-refractivity contribution in [2.45, 2.75) is 123 Å². The minimum absolute atomic E-state index is 0.000354. The predicted molar refractivity (Wildman–Crippen MR) is 269 cm³/mol. The van der Waals surface area contributed by atoms with Gasteiger partial charge in [0.1, 0.15) is 24.5 Å². The fourth-order valence-corrected chi connectivity index (χ4v) is 10.7. The number of benzene rings is 3. The van der Waals surface area contributed by atoms with Gasteiger partial charge in [-0.15, -0.1) is 0 Å². The van der Waals surface area contributed by atoms with Gasteiger partial charge in [0, 0.05) is 64.3 Å². The summed E-state index contributed by atoms with van der Waals surface area (Å²) in [6, 6.07) is 20.5. The number of nitrogens with one attached hydrogen (secondary N) is 3. The Morgan fingerprint density at radius 2 is 1.39 bits per heavy atom. The molecule has 1 aliphatic heterocycles. The summed E-state index contributed by atoms with van der Waals surface area (Å²) in [7, 11) is 7.62. The number of hydrogen-bond donors (Lipinski definition) is 3. The van der Waals surface area contributed by atoms with E-state index in [4.69, 9.17) is 18.9 Å². The van der Waals surface area contributed by atoms with Crippen LogP contribution in [0.4, 0.5) is 4.79 Å². The van der Waals surface area contributed by atoms with Crippen molar-refractivity contribution in [3.63, 3.8) is 0 Å². The first-order valence-corrected chi connectivity index (χ1v) is 24.8. The molecule has 1 aliphatic carbocycles. The highest BCUT2D eigenvalue weighted by atomic mass is 16.6. The van der Waals surface area contributed by atoms with Gasteiger partial charge in [0.2, 0.25) is 11.8 Å². The Labute approximate surface area is 415 Å². The summed E-state index contributed by atoms with van der Waals surface area (Å²) in [6.45, 7) is 13.0. The second-order valence-corrected chi connectivity index (χ2v) is 19.5. The molecule has 3 N–H and O–H groups in total. The molecule has 15 nitrogen and oxygen atoms in total. The van der Waals surface area contributed by atoms with Crippen LogP contribution in [0.1, 0.15) is 90.3 Å². The highest BCUT2D eigenvalue weighted by molar-refractivity contribution is 5.99. The lowest BCUT2D eigenvalue weighted by Gasteiger charge is -2.38. The van der Waals surface area contributed by atoms with Crippen LogP contribution < -0.4 is 16.0 Å². The summed E-state index contributed by atoms with van der Waals surface area (Å²) in [5, 5.41) is 9.72.